The molecule has 0 bridgehead atoms. The van der Waals surface area contributed by atoms with Gasteiger partial charge in [0, 0.05) is 30.5 Å². The fourth-order valence-electron chi connectivity index (χ4n) is 3.22. The van der Waals surface area contributed by atoms with Crippen molar-refractivity contribution >= 4 is 17.3 Å². The zero-order valence-corrected chi connectivity index (χ0v) is 16.3. The second kappa shape index (κ2) is 9.14. The molecule has 2 aromatic rings. The van der Waals surface area contributed by atoms with Crippen molar-refractivity contribution in [3.63, 3.8) is 0 Å². The Morgan fingerprint density at radius 2 is 1.89 bits per heavy atom. The third kappa shape index (κ3) is 4.95. The monoisotopic (exact) mass is 379 g/mol. The van der Waals surface area contributed by atoms with Crippen LogP contribution in [0.5, 0.6) is 11.5 Å². The van der Waals surface area contributed by atoms with Crippen LogP contribution >= 0.6 is 0 Å². The molecule has 1 aliphatic heterocycles. The van der Waals surface area contributed by atoms with Crippen LogP contribution in [0.25, 0.3) is 0 Å². The number of anilines is 2. The highest BCUT2D eigenvalue weighted by atomic mass is 16.5. The molecule has 0 aromatic heterocycles. The lowest BCUT2D eigenvalue weighted by Crippen LogP contribution is -2.32. The Morgan fingerprint density at radius 3 is 2.54 bits per heavy atom. The van der Waals surface area contributed by atoms with E-state index in [9.17, 15) is 4.79 Å². The van der Waals surface area contributed by atoms with Crippen LogP contribution in [0, 0.1) is 17.2 Å². The van der Waals surface area contributed by atoms with Gasteiger partial charge in [0.25, 0.3) is 5.91 Å². The number of hydrogen-bond donors (Lipinski definition) is 1. The van der Waals surface area contributed by atoms with Crippen molar-refractivity contribution < 1.29 is 14.3 Å². The first-order valence-corrected chi connectivity index (χ1v) is 9.45. The second-order valence-corrected chi connectivity index (χ2v) is 7.03. The van der Waals surface area contributed by atoms with Gasteiger partial charge in [0.2, 0.25) is 0 Å². The van der Waals surface area contributed by atoms with Crippen LogP contribution in [-0.2, 0) is 4.79 Å². The highest BCUT2D eigenvalue weighted by Gasteiger charge is 2.16. The fraction of sp³-hybridized carbons (Fsp3) is 0.364. The van der Waals surface area contributed by atoms with Gasteiger partial charge in [0.15, 0.2) is 18.1 Å². The van der Waals surface area contributed by atoms with Gasteiger partial charge >= 0.3 is 0 Å². The summed E-state index contributed by atoms with van der Waals surface area (Å²) in [6, 6.07) is 14.8. The number of nitriles is 1. The molecule has 1 amide bonds. The van der Waals surface area contributed by atoms with Gasteiger partial charge in [-0.3, -0.25) is 4.79 Å². The number of carbonyl (C=O) groups is 1. The average molecular weight is 379 g/mol. The maximum atomic E-state index is 12.2. The number of rotatable bonds is 6. The Kier molecular flexibility index (Phi) is 6.38. The van der Waals surface area contributed by atoms with Crippen molar-refractivity contribution in [3.05, 3.63) is 48.0 Å². The lowest BCUT2D eigenvalue weighted by Gasteiger charge is -2.32. The number of methoxy groups -OCH3 is 1. The first-order valence-electron chi connectivity index (χ1n) is 9.45. The molecule has 0 atom stereocenters. The normalized spacial score (nSPS) is 14.2. The van der Waals surface area contributed by atoms with Crippen molar-refractivity contribution in [1.29, 1.82) is 5.26 Å². The minimum atomic E-state index is -0.258. The molecule has 0 spiro atoms. The topological polar surface area (TPSA) is 74.6 Å². The van der Waals surface area contributed by atoms with Gasteiger partial charge in [-0.1, -0.05) is 6.92 Å². The lowest BCUT2D eigenvalue weighted by molar-refractivity contribution is -0.118. The summed E-state index contributed by atoms with van der Waals surface area (Å²) >= 11 is 0. The largest absolute Gasteiger partial charge is 0.493 e. The molecular weight excluding hydrogens is 354 g/mol. The first-order chi connectivity index (χ1) is 13.6. The van der Waals surface area contributed by atoms with Gasteiger partial charge in [-0.15, -0.1) is 0 Å². The van der Waals surface area contributed by atoms with Gasteiger partial charge in [0.05, 0.1) is 18.7 Å². The van der Waals surface area contributed by atoms with Gasteiger partial charge < -0.3 is 19.7 Å². The molecule has 2 aromatic carbocycles. The number of piperidine rings is 1. The van der Waals surface area contributed by atoms with Crippen LogP contribution in [-0.4, -0.2) is 32.7 Å². The van der Waals surface area contributed by atoms with Gasteiger partial charge in [-0.2, -0.15) is 5.26 Å². The minimum Gasteiger partial charge on any atom is -0.493 e. The predicted molar refractivity (Wildman–Crippen MR) is 109 cm³/mol. The van der Waals surface area contributed by atoms with Crippen LogP contribution in [0.3, 0.4) is 0 Å². The van der Waals surface area contributed by atoms with E-state index in [0.717, 1.165) is 24.7 Å². The summed E-state index contributed by atoms with van der Waals surface area (Å²) in [6.45, 7) is 4.31. The molecule has 0 saturated carbocycles. The predicted octanol–water partition coefficient (Wildman–Crippen LogP) is 3.82. The van der Waals surface area contributed by atoms with Gasteiger partial charge in [0.1, 0.15) is 0 Å². The molecule has 6 nitrogen and oxygen atoms in total. The molecule has 1 saturated heterocycles. The van der Waals surface area contributed by atoms with Crippen molar-refractivity contribution in [2.45, 2.75) is 19.8 Å². The zero-order chi connectivity index (χ0) is 19.9. The highest BCUT2D eigenvalue weighted by molar-refractivity contribution is 5.92. The Labute approximate surface area is 165 Å². The Balaban J connectivity index is 1.53. The van der Waals surface area contributed by atoms with Crippen LogP contribution in [0.4, 0.5) is 11.4 Å². The minimum absolute atomic E-state index is 0.145. The maximum absolute atomic E-state index is 12.2. The van der Waals surface area contributed by atoms with E-state index >= 15 is 0 Å². The molecule has 28 heavy (non-hydrogen) atoms. The molecule has 0 aliphatic carbocycles. The molecule has 6 heteroatoms. The molecule has 0 unspecified atom stereocenters. The van der Waals surface area contributed by atoms with E-state index in [1.807, 2.05) is 30.3 Å². The maximum Gasteiger partial charge on any atom is 0.262 e. The quantitative estimate of drug-likeness (QED) is 0.826. The Morgan fingerprint density at radius 1 is 1.18 bits per heavy atom. The third-order valence-corrected chi connectivity index (χ3v) is 4.95. The fourth-order valence-corrected chi connectivity index (χ4v) is 3.22. The summed E-state index contributed by atoms with van der Waals surface area (Å²) in [5, 5.41) is 11.8. The number of amides is 1. The average Bonchev–Trinajstić information content (AvgIpc) is 2.73. The van der Waals surface area contributed by atoms with Crippen molar-refractivity contribution in [3.8, 4) is 17.6 Å². The van der Waals surface area contributed by atoms with Crippen LogP contribution in [0.15, 0.2) is 42.5 Å². The molecule has 1 fully saturated rings. The lowest BCUT2D eigenvalue weighted by atomic mass is 9.99. The number of nitrogens with zero attached hydrogens (tertiary/aromatic N) is 2. The van der Waals surface area contributed by atoms with E-state index in [1.54, 1.807) is 18.2 Å². The van der Waals surface area contributed by atoms with Gasteiger partial charge in [-0.25, -0.2) is 0 Å². The molecule has 1 aliphatic rings. The van der Waals surface area contributed by atoms with Crippen molar-refractivity contribution in [2.24, 2.45) is 5.92 Å². The SMILES string of the molecule is COc1cc(C#N)ccc1OCC(=O)Nc1ccc(N2CCC(C)CC2)cc1. The van der Waals surface area contributed by atoms with Crippen LogP contribution in [0.1, 0.15) is 25.3 Å². The molecule has 3 rings (SSSR count). The van der Waals surface area contributed by atoms with E-state index in [-0.39, 0.29) is 12.5 Å². The van der Waals surface area contributed by atoms with E-state index in [1.165, 1.54) is 25.6 Å². The summed E-state index contributed by atoms with van der Waals surface area (Å²) in [6.07, 6.45) is 2.43. The Bertz CT molecular complexity index is 850. The van der Waals surface area contributed by atoms with Gasteiger partial charge in [-0.05, 0) is 55.2 Å². The zero-order valence-electron chi connectivity index (χ0n) is 16.3. The molecular formula is C22H25N3O3. The number of ether oxygens (including phenoxy) is 2. The molecule has 1 N–H and O–H groups in total. The summed E-state index contributed by atoms with van der Waals surface area (Å²) < 4.78 is 10.7. The number of carbonyl (C=O) groups excluding carboxylic acids is 1. The van der Waals surface area contributed by atoms with Crippen LogP contribution < -0.4 is 19.7 Å². The molecule has 1 heterocycles. The molecule has 0 radical (unpaired) electrons. The highest BCUT2D eigenvalue weighted by Crippen LogP contribution is 2.28. The van der Waals surface area contributed by atoms with E-state index in [0.29, 0.717) is 17.1 Å². The summed E-state index contributed by atoms with van der Waals surface area (Å²) in [5.41, 5.74) is 2.38. The number of nitrogens with one attached hydrogen (secondary N) is 1. The smallest absolute Gasteiger partial charge is 0.262 e. The third-order valence-electron chi connectivity index (χ3n) is 4.95. The van der Waals surface area contributed by atoms with E-state index in [4.69, 9.17) is 14.7 Å². The number of benzene rings is 2. The summed E-state index contributed by atoms with van der Waals surface area (Å²) in [7, 11) is 1.49. The molecule has 146 valence electrons. The van der Waals surface area contributed by atoms with Crippen LogP contribution in [0.2, 0.25) is 0 Å². The van der Waals surface area contributed by atoms with E-state index < -0.39 is 0 Å². The first kappa shape index (κ1) is 19.6. The standard InChI is InChI=1S/C22H25N3O3/c1-16-9-11-25(12-10-16)19-6-4-18(5-7-19)24-22(26)15-28-20-8-3-17(14-23)13-21(20)27-2/h3-8,13,16H,9-12,15H2,1-2H3,(H,24,26). The van der Waals surface area contributed by atoms with E-state index in [2.05, 4.69) is 17.1 Å². The van der Waals surface area contributed by atoms with Crippen molar-refractivity contribution in [1.82, 2.24) is 0 Å². The summed E-state index contributed by atoms with van der Waals surface area (Å²) in [5.74, 6) is 1.38. The summed E-state index contributed by atoms with van der Waals surface area (Å²) in [4.78, 5) is 14.6. The number of hydrogen-bond acceptors (Lipinski definition) is 5. The van der Waals surface area contributed by atoms with Crippen molar-refractivity contribution in [2.75, 3.05) is 37.0 Å². The Hall–Kier alpha value is -3.20. The second-order valence-electron chi connectivity index (χ2n) is 7.03.